The summed E-state index contributed by atoms with van der Waals surface area (Å²) in [6, 6.07) is 3.28. The number of aromatic amines is 1. The van der Waals surface area contributed by atoms with E-state index in [9.17, 15) is 14.4 Å². The molecule has 0 saturated carbocycles. The van der Waals surface area contributed by atoms with Crippen LogP contribution in [-0.4, -0.2) is 41.3 Å². The lowest BCUT2D eigenvalue weighted by atomic mass is 10.00. The Balaban J connectivity index is 1.44. The van der Waals surface area contributed by atoms with Crippen LogP contribution in [0.1, 0.15) is 21.0 Å². The maximum atomic E-state index is 11.9. The van der Waals surface area contributed by atoms with Gasteiger partial charge in [-0.05, 0) is 12.1 Å². The molecule has 3 rings (SSSR count). The Morgan fingerprint density at radius 1 is 1.38 bits per heavy atom. The fourth-order valence-electron chi connectivity index (χ4n) is 2.14. The van der Waals surface area contributed by atoms with Gasteiger partial charge in [-0.1, -0.05) is 0 Å². The zero-order chi connectivity index (χ0) is 14.8. The Morgan fingerprint density at radius 3 is 2.81 bits per heavy atom. The molecule has 0 radical (unpaired) electrons. The fraction of sp³-hybridized carbons (Fsp3) is 0.308. The summed E-state index contributed by atoms with van der Waals surface area (Å²) in [4.78, 5) is 38.3. The predicted molar refractivity (Wildman–Crippen MR) is 69.8 cm³/mol. The molecule has 1 fully saturated rings. The van der Waals surface area contributed by atoms with Crippen molar-refractivity contribution in [1.29, 1.82) is 0 Å². The molecule has 1 saturated heterocycles. The zero-order valence-electron chi connectivity index (χ0n) is 11.0. The molecular weight excluding hydrogens is 278 g/mol. The Labute approximate surface area is 118 Å². The molecule has 0 aromatic carbocycles. The smallest absolute Gasteiger partial charge is 0.416 e. The molecule has 0 spiro atoms. The van der Waals surface area contributed by atoms with Gasteiger partial charge in [0.2, 0.25) is 0 Å². The largest absolute Gasteiger partial charge is 0.459 e. The van der Waals surface area contributed by atoms with Crippen LogP contribution in [0, 0.1) is 5.92 Å². The Morgan fingerprint density at radius 2 is 2.19 bits per heavy atom. The minimum atomic E-state index is -0.668. The number of amides is 2. The van der Waals surface area contributed by atoms with Crippen LogP contribution >= 0.6 is 0 Å². The number of oxazole rings is 1. The Bertz CT molecular complexity index is 693. The van der Waals surface area contributed by atoms with Crippen LogP contribution < -0.4 is 11.1 Å². The Hall–Kier alpha value is -2.77. The molecule has 1 aliphatic heterocycles. The summed E-state index contributed by atoms with van der Waals surface area (Å²) >= 11 is 0. The van der Waals surface area contributed by atoms with E-state index >= 15 is 0 Å². The number of hydrogen-bond donors (Lipinski definition) is 2. The molecule has 2 amide bonds. The summed E-state index contributed by atoms with van der Waals surface area (Å²) in [6.07, 6.45) is 2.53. The first-order chi connectivity index (χ1) is 10.1. The second kappa shape index (κ2) is 5.31. The van der Waals surface area contributed by atoms with E-state index in [1.165, 1.54) is 6.26 Å². The monoisotopic (exact) mass is 291 g/mol. The Kier molecular flexibility index (Phi) is 3.35. The topological polar surface area (TPSA) is 109 Å². The molecule has 0 unspecified atom stereocenters. The molecule has 2 aromatic heterocycles. The molecular formula is C13H13N3O5. The number of carbonyl (C=O) groups is 2. The van der Waals surface area contributed by atoms with Gasteiger partial charge in [-0.2, -0.15) is 0 Å². The van der Waals surface area contributed by atoms with Gasteiger partial charge >= 0.3 is 5.76 Å². The third-order valence-corrected chi connectivity index (χ3v) is 3.29. The van der Waals surface area contributed by atoms with Gasteiger partial charge in [-0.3, -0.25) is 14.6 Å². The fourth-order valence-corrected chi connectivity index (χ4v) is 2.14. The van der Waals surface area contributed by atoms with E-state index in [4.69, 9.17) is 4.42 Å². The lowest BCUT2D eigenvalue weighted by molar-refractivity contribution is 0.0466. The summed E-state index contributed by atoms with van der Waals surface area (Å²) < 4.78 is 9.53. The first-order valence-corrected chi connectivity index (χ1v) is 6.42. The first-order valence-electron chi connectivity index (χ1n) is 6.42. The summed E-state index contributed by atoms with van der Waals surface area (Å²) in [6.45, 7) is 1.54. The summed E-state index contributed by atoms with van der Waals surface area (Å²) in [5.41, 5.74) is 0.0860. The normalized spacial score (nSPS) is 14.8. The second-order valence-electron chi connectivity index (χ2n) is 4.83. The third kappa shape index (κ3) is 2.73. The van der Waals surface area contributed by atoms with E-state index in [0.29, 0.717) is 25.4 Å². The van der Waals surface area contributed by atoms with Crippen LogP contribution in [-0.2, 0) is 0 Å². The van der Waals surface area contributed by atoms with Crippen LogP contribution in [0.4, 0.5) is 0 Å². The minimum absolute atomic E-state index is 0.0860. The van der Waals surface area contributed by atoms with Crippen molar-refractivity contribution in [2.45, 2.75) is 0 Å². The number of rotatable bonds is 4. The first kappa shape index (κ1) is 13.2. The maximum Gasteiger partial charge on any atom is 0.416 e. The van der Waals surface area contributed by atoms with Crippen molar-refractivity contribution in [3.05, 3.63) is 46.7 Å². The molecule has 8 heteroatoms. The molecule has 3 heterocycles. The van der Waals surface area contributed by atoms with Crippen molar-refractivity contribution in [2.75, 3.05) is 19.6 Å². The average molecular weight is 291 g/mol. The molecule has 2 aromatic rings. The lowest BCUT2D eigenvalue weighted by Crippen LogP contribution is -2.53. The van der Waals surface area contributed by atoms with Gasteiger partial charge in [0.15, 0.2) is 5.76 Å². The number of furan rings is 1. The van der Waals surface area contributed by atoms with Crippen molar-refractivity contribution in [3.8, 4) is 0 Å². The van der Waals surface area contributed by atoms with E-state index < -0.39 is 11.7 Å². The van der Waals surface area contributed by atoms with E-state index in [1.54, 1.807) is 17.0 Å². The van der Waals surface area contributed by atoms with Gasteiger partial charge in [0.25, 0.3) is 11.8 Å². The number of H-pyrrole nitrogens is 1. The van der Waals surface area contributed by atoms with Gasteiger partial charge in [0, 0.05) is 25.6 Å². The molecule has 1 aliphatic rings. The molecule has 110 valence electrons. The SMILES string of the molecule is O=C(NCC1CN(C(=O)c2ccco2)C1)c1coc(=O)[nH]1. The van der Waals surface area contributed by atoms with E-state index in [-0.39, 0.29) is 17.5 Å². The van der Waals surface area contributed by atoms with Crippen molar-refractivity contribution in [2.24, 2.45) is 5.92 Å². The highest BCUT2D eigenvalue weighted by molar-refractivity contribution is 5.92. The lowest BCUT2D eigenvalue weighted by Gasteiger charge is -2.38. The van der Waals surface area contributed by atoms with E-state index in [0.717, 1.165) is 6.26 Å². The number of nitrogens with one attached hydrogen (secondary N) is 2. The predicted octanol–water partition coefficient (Wildman–Crippen LogP) is 0.0629. The van der Waals surface area contributed by atoms with Crippen LogP contribution in [0.25, 0.3) is 0 Å². The van der Waals surface area contributed by atoms with Crippen molar-refractivity contribution in [1.82, 2.24) is 15.2 Å². The van der Waals surface area contributed by atoms with Crippen LogP contribution in [0.5, 0.6) is 0 Å². The highest BCUT2D eigenvalue weighted by atomic mass is 16.4. The highest BCUT2D eigenvalue weighted by Gasteiger charge is 2.32. The molecule has 21 heavy (non-hydrogen) atoms. The summed E-state index contributed by atoms with van der Waals surface area (Å²) in [5.74, 6) is -0.725. The zero-order valence-corrected chi connectivity index (χ0v) is 11.0. The van der Waals surface area contributed by atoms with Crippen LogP contribution in [0.3, 0.4) is 0 Å². The van der Waals surface area contributed by atoms with Gasteiger partial charge in [-0.15, -0.1) is 0 Å². The molecule has 8 nitrogen and oxygen atoms in total. The number of nitrogens with zero attached hydrogens (tertiary/aromatic N) is 1. The van der Waals surface area contributed by atoms with Crippen LogP contribution in [0.15, 0.2) is 38.3 Å². The van der Waals surface area contributed by atoms with Crippen molar-refractivity contribution in [3.63, 3.8) is 0 Å². The van der Waals surface area contributed by atoms with E-state index in [1.807, 2.05) is 0 Å². The van der Waals surface area contributed by atoms with Gasteiger partial charge < -0.3 is 19.1 Å². The van der Waals surface area contributed by atoms with Crippen molar-refractivity contribution < 1.29 is 18.4 Å². The average Bonchev–Trinajstić information content (AvgIpc) is 3.07. The number of carbonyl (C=O) groups excluding carboxylic acids is 2. The molecule has 0 atom stereocenters. The number of aromatic nitrogens is 1. The molecule has 0 aliphatic carbocycles. The standard InChI is InChI=1S/C13H13N3O5/c17-11(9-7-21-13(19)15-9)14-4-8-5-16(6-8)12(18)10-2-1-3-20-10/h1-3,7-8H,4-6H2,(H,14,17)(H,15,19). The highest BCUT2D eigenvalue weighted by Crippen LogP contribution is 2.18. The van der Waals surface area contributed by atoms with Gasteiger partial charge in [-0.25, -0.2) is 4.79 Å². The molecule has 2 N–H and O–H groups in total. The second-order valence-corrected chi connectivity index (χ2v) is 4.83. The number of hydrogen-bond acceptors (Lipinski definition) is 5. The van der Waals surface area contributed by atoms with E-state index in [2.05, 4.69) is 14.7 Å². The third-order valence-electron chi connectivity index (χ3n) is 3.29. The number of likely N-dealkylation sites (tertiary alicyclic amines) is 1. The van der Waals surface area contributed by atoms with Crippen LogP contribution in [0.2, 0.25) is 0 Å². The minimum Gasteiger partial charge on any atom is -0.459 e. The van der Waals surface area contributed by atoms with Crippen molar-refractivity contribution >= 4 is 11.8 Å². The van der Waals surface area contributed by atoms with Gasteiger partial charge in [0.05, 0.1) is 6.26 Å². The molecule has 0 bridgehead atoms. The summed E-state index contributed by atoms with van der Waals surface area (Å²) in [5, 5.41) is 2.68. The summed E-state index contributed by atoms with van der Waals surface area (Å²) in [7, 11) is 0. The van der Waals surface area contributed by atoms with Gasteiger partial charge in [0.1, 0.15) is 12.0 Å². The quantitative estimate of drug-likeness (QED) is 0.828. The maximum absolute atomic E-state index is 11.9.